The molecule has 98 valence electrons. The number of hydrogen-bond acceptors (Lipinski definition) is 3. The van der Waals surface area contributed by atoms with Gasteiger partial charge in [-0.15, -0.1) is 0 Å². The average Bonchev–Trinajstić information content (AvgIpc) is 2.36. The molecule has 0 bridgehead atoms. The van der Waals surface area contributed by atoms with E-state index >= 15 is 0 Å². The third kappa shape index (κ3) is 3.56. The lowest BCUT2D eigenvalue weighted by Crippen LogP contribution is -2.44. The van der Waals surface area contributed by atoms with Gasteiger partial charge in [-0.05, 0) is 19.4 Å². The van der Waals surface area contributed by atoms with Crippen LogP contribution in [-0.4, -0.2) is 18.4 Å². The molecule has 0 radical (unpaired) electrons. The summed E-state index contributed by atoms with van der Waals surface area (Å²) in [6, 6.07) is 8.30. The molecule has 0 aliphatic rings. The van der Waals surface area contributed by atoms with Gasteiger partial charge in [0.1, 0.15) is 6.04 Å². The topological polar surface area (TPSA) is 98.2 Å². The number of primary amides is 1. The molecular formula is C13H19N3O2. The van der Waals surface area contributed by atoms with Crippen LogP contribution in [0, 0.1) is 5.41 Å². The summed E-state index contributed by atoms with van der Waals surface area (Å²) in [5, 5.41) is 2.64. The summed E-state index contributed by atoms with van der Waals surface area (Å²) in [7, 11) is 0. The van der Waals surface area contributed by atoms with Crippen LogP contribution in [0.3, 0.4) is 0 Å². The normalized spacial score (nSPS) is 12.8. The highest BCUT2D eigenvalue weighted by atomic mass is 16.2. The van der Waals surface area contributed by atoms with Gasteiger partial charge in [-0.1, -0.05) is 30.3 Å². The molecule has 0 fully saturated rings. The van der Waals surface area contributed by atoms with Crippen molar-refractivity contribution in [2.45, 2.75) is 19.9 Å². The lowest BCUT2D eigenvalue weighted by Gasteiger charge is -2.22. The van der Waals surface area contributed by atoms with Gasteiger partial charge in [0.15, 0.2) is 0 Å². The Hall–Kier alpha value is -1.88. The number of benzene rings is 1. The lowest BCUT2D eigenvalue weighted by molar-refractivity contribution is -0.127. The second-order valence-electron chi connectivity index (χ2n) is 4.85. The van der Waals surface area contributed by atoms with E-state index in [1.54, 1.807) is 26.0 Å². The summed E-state index contributed by atoms with van der Waals surface area (Å²) in [6.07, 6.45) is 0. The fourth-order valence-corrected chi connectivity index (χ4v) is 1.32. The Morgan fingerprint density at radius 2 is 1.83 bits per heavy atom. The minimum atomic E-state index is -0.786. The van der Waals surface area contributed by atoms with Crippen LogP contribution in [0.5, 0.6) is 0 Å². The first kappa shape index (κ1) is 14.2. The standard InChI is InChI=1S/C13H19N3O2/c1-13(2,12(15)18)8-16-11(17)10(14)9-6-4-3-5-7-9/h3-7,10H,8,14H2,1-2H3,(H2,15,18)(H,16,17)/t10-/m1/s1. The molecule has 0 aromatic heterocycles. The molecule has 0 aliphatic carbocycles. The zero-order valence-electron chi connectivity index (χ0n) is 10.6. The van der Waals surface area contributed by atoms with E-state index in [0.29, 0.717) is 0 Å². The number of amides is 2. The zero-order valence-corrected chi connectivity index (χ0v) is 10.6. The highest BCUT2D eigenvalue weighted by molar-refractivity contribution is 5.85. The van der Waals surface area contributed by atoms with Crippen LogP contribution in [0.2, 0.25) is 0 Å². The maximum absolute atomic E-state index is 11.8. The van der Waals surface area contributed by atoms with Crippen LogP contribution in [0.25, 0.3) is 0 Å². The maximum Gasteiger partial charge on any atom is 0.241 e. The first-order valence-electron chi connectivity index (χ1n) is 5.73. The van der Waals surface area contributed by atoms with Gasteiger partial charge >= 0.3 is 0 Å². The molecular weight excluding hydrogens is 230 g/mol. The number of carbonyl (C=O) groups is 2. The van der Waals surface area contributed by atoms with Gasteiger partial charge in [-0.2, -0.15) is 0 Å². The second-order valence-corrected chi connectivity index (χ2v) is 4.85. The Labute approximate surface area is 107 Å². The molecule has 18 heavy (non-hydrogen) atoms. The van der Waals surface area contributed by atoms with Crippen molar-refractivity contribution in [3.63, 3.8) is 0 Å². The first-order chi connectivity index (χ1) is 8.34. The molecule has 5 heteroatoms. The van der Waals surface area contributed by atoms with Crippen LogP contribution in [-0.2, 0) is 9.59 Å². The number of nitrogens with two attached hydrogens (primary N) is 2. The lowest BCUT2D eigenvalue weighted by atomic mass is 9.92. The SMILES string of the molecule is CC(C)(CNC(=O)[C@H](N)c1ccccc1)C(N)=O. The Balaban J connectivity index is 2.59. The van der Waals surface area contributed by atoms with Crippen LogP contribution in [0.1, 0.15) is 25.5 Å². The quantitative estimate of drug-likeness (QED) is 0.700. The Kier molecular flexibility index (Phi) is 4.44. The predicted molar refractivity (Wildman–Crippen MR) is 69.4 cm³/mol. The minimum absolute atomic E-state index is 0.168. The van der Waals surface area contributed by atoms with Crippen LogP contribution < -0.4 is 16.8 Å². The minimum Gasteiger partial charge on any atom is -0.369 e. The molecule has 5 N–H and O–H groups in total. The van der Waals surface area contributed by atoms with Gasteiger partial charge in [0, 0.05) is 6.54 Å². The molecule has 0 saturated heterocycles. The molecule has 0 spiro atoms. The smallest absolute Gasteiger partial charge is 0.241 e. The van der Waals surface area contributed by atoms with E-state index in [2.05, 4.69) is 5.32 Å². The summed E-state index contributed by atoms with van der Waals surface area (Å²) >= 11 is 0. The van der Waals surface area contributed by atoms with Crippen molar-refractivity contribution < 1.29 is 9.59 Å². The van der Waals surface area contributed by atoms with Gasteiger partial charge in [0.25, 0.3) is 0 Å². The molecule has 2 amide bonds. The van der Waals surface area contributed by atoms with E-state index in [0.717, 1.165) is 5.56 Å². The summed E-state index contributed by atoms with van der Waals surface area (Å²) in [4.78, 5) is 22.9. The molecule has 5 nitrogen and oxygen atoms in total. The third-order valence-corrected chi connectivity index (χ3v) is 2.81. The van der Waals surface area contributed by atoms with E-state index in [9.17, 15) is 9.59 Å². The molecule has 1 rings (SSSR count). The fourth-order valence-electron chi connectivity index (χ4n) is 1.32. The Morgan fingerprint density at radius 3 is 2.33 bits per heavy atom. The van der Waals surface area contributed by atoms with Crippen molar-refractivity contribution in [1.82, 2.24) is 5.32 Å². The van der Waals surface area contributed by atoms with Gasteiger partial charge < -0.3 is 16.8 Å². The summed E-state index contributed by atoms with van der Waals surface area (Å²) in [5.41, 5.74) is 11.0. The molecule has 1 atom stereocenters. The molecule has 0 unspecified atom stereocenters. The molecule has 1 aromatic carbocycles. The molecule has 1 aromatic rings. The summed E-state index contributed by atoms with van der Waals surface area (Å²) < 4.78 is 0. The van der Waals surface area contributed by atoms with E-state index < -0.39 is 17.4 Å². The van der Waals surface area contributed by atoms with Crippen LogP contribution >= 0.6 is 0 Å². The molecule has 0 saturated carbocycles. The van der Waals surface area contributed by atoms with Gasteiger partial charge in [0.05, 0.1) is 5.41 Å². The van der Waals surface area contributed by atoms with Crippen molar-refractivity contribution in [1.29, 1.82) is 0 Å². The van der Waals surface area contributed by atoms with Gasteiger partial charge in [-0.3, -0.25) is 9.59 Å². The zero-order chi connectivity index (χ0) is 13.8. The maximum atomic E-state index is 11.8. The van der Waals surface area contributed by atoms with Crippen molar-refractivity contribution in [2.24, 2.45) is 16.9 Å². The predicted octanol–water partition coefficient (Wildman–Crippen LogP) is 0.314. The largest absolute Gasteiger partial charge is 0.369 e. The fraction of sp³-hybridized carbons (Fsp3) is 0.385. The van der Waals surface area contributed by atoms with Crippen molar-refractivity contribution >= 4 is 11.8 Å². The number of carbonyl (C=O) groups excluding carboxylic acids is 2. The highest BCUT2D eigenvalue weighted by Gasteiger charge is 2.26. The Morgan fingerprint density at radius 1 is 1.28 bits per heavy atom. The number of nitrogens with one attached hydrogen (secondary N) is 1. The van der Waals surface area contributed by atoms with Crippen molar-refractivity contribution in [2.75, 3.05) is 6.54 Å². The Bertz CT molecular complexity index is 429. The third-order valence-electron chi connectivity index (χ3n) is 2.81. The van der Waals surface area contributed by atoms with Crippen molar-refractivity contribution in [3.8, 4) is 0 Å². The van der Waals surface area contributed by atoms with Gasteiger partial charge in [-0.25, -0.2) is 0 Å². The van der Waals surface area contributed by atoms with Crippen LogP contribution in [0.4, 0.5) is 0 Å². The van der Waals surface area contributed by atoms with E-state index in [1.807, 2.05) is 18.2 Å². The van der Waals surface area contributed by atoms with Crippen LogP contribution in [0.15, 0.2) is 30.3 Å². The highest BCUT2D eigenvalue weighted by Crippen LogP contribution is 2.14. The first-order valence-corrected chi connectivity index (χ1v) is 5.73. The molecule has 0 heterocycles. The number of rotatable bonds is 5. The average molecular weight is 249 g/mol. The monoisotopic (exact) mass is 249 g/mol. The summed E-state index contributed by atoms with van der Waals surface area (Å²) in [5.74, 6) is -0.786. The van der Waals surface area contributed by atoms with E-state index in [4.69, 9.17) is 11.5 Å². The number of hydrogen-bond donors (Lipinski definition) is 3. The summed E-state index contributed by atoms with van der Waals surface area (Å²) in [6.45, 7) is 3.51. The van der Waals surface area contributed by atoms with Crippen molar-refractivity contribution in [3.05, 3.63) is 35.9 Å². The van der Waals surface area contributed by atoms with E-state index in [1.165, 1.54) is 0 Å². The van der Waals surface area contributed by atoms with E-state index in [-0.39, 0.29) is 12.5 Å². The van der Waals surface area contributed by atoms with Gasteiger partial charge in [0.2, 0.25) is 11.8 Å². The second kappa shape index (κ2) is 5.64. The molecule has 0 aliphatic heterocycles.